The van der Waals surface area contributed by atoms with E-state index in [1.165, 1.54) is 11.1 Å². The van der Waals surface area contributed by atoms with Crippen molar-refractivity contribution < 1.29 is 0 Å². The second-order valence-electron chi connectivity index (χ2n) is 5.47. The highest BCUT2D eigenvalue weighted by atomic mass is 32.1. The fourth-order valence-corrected chi connectivity index (χ4v) is 2.96. The van der Waals surface area contributed by atoms with Gasteiger partial charge in [-0.05, 0) is 47.2 Å². The van der Waals surface area contributed by atoms with Gasteiger partial charge in [0.1, 0.15) is 0 Å². The largest absolute Gasteiger partial charge is 0.356 e. The molecule has 0 bridgehead atoms. The summed E-state index contributed by atoms with van der Waals surface area (Å²) in [6.45, 7) is 6.97. The number of aliphatic imine (C=N–C) groups is 1. The third-order valence-corrected chi connectivity index (χ3v) is 4.23. The molecule has 0 aliphatic carbocycles. The summed E-state index contributed by atoms with van der Waals surface area (Å²) in [7, 11) is 1.81. The van der Waals surface area contributed by atoms with Gasteiger partial charge >= 0.3 is 0 Å². The maximum atomic E-state index is 4.28. The van der Waals surface area contributed by atoms with Crippen molar-refractivity contribution in [1.29, 1.82) is 0 Å². The second-order valence-corrected chi connectivity index (χ2v) is 6.25. The first-order chi connectivity index (χ1) is 10.7. The third kappa shape index (κ3) is 5.18. The molecule has 0 saturated heterocycles. The van der Waals surface area contributed by atoms with Crippen molar-refractivity contribution in [2.45, 2.75) is 32.7 Å². The van der Waals surface area contributed by atoms with Crippen LogP contribution in [0.4, 0.5) is 0 Å². The van der Waals surface area contributed by atoms with Gasteiger partial charge in [0, 0.05) is 32.9 Å². The van der Waals surface area contributed by atoms with Crippen molar-refractivity contribution in [3.05, 3.63) is 40.3 Å². The predicted octanol–water partition coefficient (Wildman–Crippen LogP) is 2.61. The molecule has 2 aromatic rings. The van der Waals surface area contributed by atoms with Crippen LogP contribution >= 0.6 is 11.3 Å². The highest BCUT2D eigenvalue weighted by molar-refractivity contribution is 7.07. The van der Waals surface area contributed by atoms with Crippen molar-refractivity contribution in [3.63, 3.8) is 0 Å². The fourth-order valence-electron chi connectivity index (χ4n) is 2.18. The zero-order chi connectivity index (χ0) is 15.8. The summed E-state index contributed by atoms with van der Waals surface area (Å²) in [6.07, 6.45) is 4.97. The number of rotatable bonds is 7. The van der Waals surface area contributed by atoms with Gasteiger partial charge in [-0.1, -0.05) is 6.92 Å². The molecule has 6 heteroatoms. The average Bonchev–Trinajstić information content (AvgIpc) is 3.18. The molecule has 0 saturated carbocycles. The number of hydrogen-bond donors (Lipinski definition) is 2. The molecule has 2 heterocycles. The molecule has 5 nitrogen and oxygen atoms in total. The van der Waals surface area contributed by atoms with E-state index in [1.807, 2.05) is 10.9 Å². The molecule has 0 radical (unpaired) electrons. The number of hydrogen-bond acceptors (Lipinski definition) is 3. The fraction of sp³-hybridized carbons (Fsp3) is 0.500. The van der Waals surface area contributed by atoms with Crippen molar-refractivity contribution in [3.8, 4) is 0 Å². The Hall–Kier alpha value is -1.82. The van der Waals surface area contributed by atoms with Crippen LogP contribution in [0.1, 0.15) is 30.4 Å². The summed E-state index contributed by atoms with van der Waals surface area (Å²) < 4.78 is 1.98. The number of aromatic nitrogens is 2. The van der Waals surface area contributed by atoms with E-state index >= 15 is 0 Å². The van der Waals surface area contributed by atoms with Crippen LogP contribution in [0.15, 0.2) is 34.2 Å². The van der Waals surface area contributed by atoms with E-state index in [0.717, 1.165) is 32.0 Å². The Morgan fingerprint density at radius 1 is 1.45 bits per heavy atom. The van der Waals surface area contributed by atoms with Gasteiger partial charge in [-0.25, -0.2) is 0 Å². The van der Waals surface area contributed by atoms with Crippen LogP contribution in [0, 0.1) is 6.92 Å². The molecule has 120 valence electrons. The highest BCUT2D eigenvalue weighted by Gasteiger charge is 2.06. The van der Waals surface area contributed by atoms with Crippen LogP contribution in [-0.2, 0) is 6.54 Å². The van der Waals surface area contributed by atoms with Gasteiger partial charge in [0.05, 0.1) is 6.20 Å². The van der Waals surface area contributed by atoms with Crippen molar-refractivity contribution in [2.75, 3.05) is 20.1 Å². The van der Waals surface area contributed by atoms with E-state index in [2.05, 4.69) is 57.6 Å². The van der Waals surface area contributed by atoms with Gasteiger partial charge < -0.3 is 10.6 Å². The number of guanidine groups is 1. The van der Waals surface area contributed by atoms with Gasteiger partial charge in [0.25, 0.3) is 0 Å². The molecule has 0 aromatic carbocycles. The lowest BCUT2D eigenvalue weighted by atomic mass is 10.1. The lowest BCUT2D eigenvalue weighted by molar-refractivity contribution is 0.569. The third-order valence-electron chi connectivity index (χ3n) is 3.53. The number of thiophene rings is 1. The van der Waals surface area contributed by atoms with E-state index in [4.69, 9.17) is 0 Å². The highest BCUT2D eigenvalue weighted by Crippen LogP contribution is 2.16. The van der Waals surface area contributed by atoms with Crippen LogP contribution in [0.5, 0.6) is 0 Å². The Labute approximate surface area is 136 Å². The average molecular weight is 319 g/mol. The zero-order valence-corrected chi connectivity index (χ0v) is 14.4. The Morgan fingerprint density at radius 3 is 2.95 bits per heavy atom. The Bertz CT molecular complexity index is 573. The molecule has 0 fully saturated rings. The van der Waals surface area contributed by atoms with Crippen molar-refractivity contribution in [1.82, 2.24) is 20.4 Å². The first kappa shape index (κ1) is 16.5. The summed E-state index contributed by atoms with van der Waals surface area (Å²) >= 11 is 1.74. The van der Waals surface area contributed by atoms with Gasteiger partial charge in [0.2, 0.25) is 0 Å². The van der Waals surface area contributed by atoms with E-state index < -0.39 is 0 Å². The Morgan fingerprint density at radius 2 is 2.32 bits per heavy atom. The van der Waals surface area contributed by atoms with Crippen LogP contribution in [0.25, 0.3) is 0 Å². The smallest absolute Gasteiger partial charge is 0.190 e. The monoisotopic (exact) mass is 319 g/mol. The molecule has 1 unspecified atom stereocenters. The minimum atomic E-state index is 0.483. The molecule has 22 heavy (non-hydrogen) atoms. The van der Waals surface area contributed by atoms with Crippen LogP contribution in [0.3, 0.4) is 0 Å². The van der Waals surface area contributed by atoms with Crippen LogP contribution in [0.2, 0.25) is 0 Å². The number of nitrogens with zero attached hydrogens (tertiary/aromatic N) is 3. The molecule has 0 spiro atoms. The standard InChI is InChI=1S/C16H25N5S/c1-13-9-20-21(11-13)7-4-6-18-16(17-3)19-10-14(2)15-5-8-22-12-15/h5,8-9,11-12,14H,4,6-7,10H2,1-3H3,(H2,17,18,19). The molecule has 2 aromatic heterocycles. The van der Waals surface area contributed by atoms with Crippen molar-refractivity contribution in [2.24, 2.45) is 4.99 Å². The lowest BCUT2D eigenvalue weighted by Gasteiger charge is -2.15. The summed E-state index contributed by atoms with van der Waals surface area (Å²) in [5.41, 5.74) is 2.58. The maximum absolute atomic E-state index is 4.28. The minimum Gasteiger partial charge on any atom is -0.356 e. The summed E-state index contributed by atoms with van der Waals surface area (Å²) in [4.78, 5) is 4.26. The molecular formula is C16H25N5S. The predicted molar refractivity (Wildman–Crippen MR) is 93.7 cm³/mol. The summed E-state index contributed by atoms with van der Waals surface area (Å²) in [5, 5.41) is 15.3. The molecular weight excluding hydrogens is 294 g/mol. The summed E-state index contributed by atoms with van der Waals surface area (Å²) in [5.74, 6) is 1.34. The Balaban J connectivity index is 1.65. The zero-order valence-electron chi connectivity index (χ0n) is 13.5. The molecule has 0 aliphatic rings. The topological polar surface area (TPSA) is 54.2 Å². The molecule has 0 aliphatic heterocycles. The maximum Gasteiger partial charge on any atom is 0.190 e. The number of nitrogens with one attached hydrogen (secondary N) is 2. The normalized spacial score (nSPS) is 13.1. The quantitative estimate of drug-likeness (QED) is 0.468. The first-order valence-electron chi connectivity index (χ1n) is 7.64. The van der Waals surface area contributed by atoms with Gasteiger partial charge in [-0.15, -0.1) is 0 Å². The van der Waals surface area contributed by atoms with Crippen molar-refractivity contribution >= 4 is 17.3 Å². The minimum absolute atomic E-state index is 0.483. The number of aryl methyl sites for hydroxylation is 2. The first-order valence-corrected chi connectivity index (χ1v) is 8.59. The molecule has 0 amide bonds. The van der Waals surface area contributed by atoms with E-state index in [1.54, 1.807) is 18.4 Å². The molecule has 2 rings (SSSR count). The second kappa shape index (κ2) is 8.58. The van der Waals surface area contributed by atoms with E-state index in [9.17, 15) is 0 Å². The van der Waals surface area contributed by atoms with Gasteiger partial charge in [-0.2, -0.15) is 16.4 Å². The summed E-state index contributed by atoms with van der Waals surface area (Å²) in [6, 6.07) is 2.18. The molecule has 1 atom stereocenters. The lowest BCUT2D eigenvalue weighted by Crippen LogP contribution is -2.39. The van der Waals surface area contributed by atoms with E-state index in [0.29, 0.717) is 5.92 Å². The van der Waals surface area contributed by atoms with Gasteiger partial charge in [-0.3, -0.25) is 9.67 Å². The van der Waals surface area contributed by atoms with E-state index in [-0.39, 0.29) is 0 Å². The van der Waals surface area contributed by atoms with Crippen LogP contribution < -0.4 is 10.6 Å². The Kier molecular flexibility index (Phi) is 6.45. The van der Waals surface area contributed by atoms with Gasteiger partial charge in [0.15, 0.2) is 5.96 Å². The van der Waals surface area contributed by atoms with Crippen LogP contribution in [-0.4, -0.2) is 35.9 Å². The molecule has 2 N–H and O–H groups in total. The SMILES string of the molecule is CN=C(NCCCn1cc(C)cn1)NCC(C)c1ccsc1.